The number of pyridine rings is 1. The number of aromatic nitrogens is 4. The van der Waals surface area contributed by atoms with Crippen LogP contribution in [0.15, 0.2) is 109 Å². The van der Waals surface area contributed by atoms with Gasteiger partial charge in [0, 0.05) is 47.2 Å². The third-order valence-corrected chi connectivity index (χ3v) is 10.9. The van der Waals surface area contributed by atoms with Gasteiger partial charge in [0.2, 0.25) is 0 Å². The smallest absolute Gasteiger partial charge is 0.269 e. The van der Waals surface area contributed by atoms with E-state index in [1.807, 2.05) is 32.2 Å². The van der Waals surface area contributed by atoms with Gasteiger partial charge in [-0.05, 0) is 92.7 Å². The zero-order valence-electron chi connectivity index (χ0n) is 27.0. The minimum absolute atomic E-state index is 0.177. The molecule has 0 radical (unpaired) electrons. The molecule has 0 spiro atoms. The van der Waals surface area contributed by atoms with Gasteiger partial charge >= 0.3 is 0 Å². The van der Waals surface area contributed by atoms with E-state index >= 15 is 0 Å². The van der Waals surface area contributed by atoms with Crippen molar-refractivity contribution in [2.75, 3.05) is 19.6 Å². The number of nitrogens with zero attached hydrogens (tertiary/aromatic N) is 5. The number of aliphatic hydroxyl groups is 1. The van der Waals surface area contributed by atoms with Crippen LogP contribution >= 0.6 is 0 Å². The van der Waals surface area contributed by atoms with Crippen molar-refractivity contribution in [2.24, 2.45) is 0 Å². The number of likely N-dealkylation sites (tertiary alicyclic amines) is 1. The van der Waals surface area contributed by atoms with Gasteiger partial charge in [-0.15, -0.1) is 0 Å². The molecule has 10 heteroatoms. The predicted molar refractivity (Wildman–Crippen MR) is 186 cm³/mol. The standard InChI is InChI=1S/C38H38FN5O3S/c1-26-6-12-35(13-7-26)48(46,47)44-25-37(33-21-41-43(24-33)23-28-4-3-5-34(39)18-28)36-19-32(20-40-38(36)44)30-10-8-29(9-11-30)31-14-16-42(17-15-31)22-27(2)45/h3-13,18-21,24-25,27,31,45H,14-17,22-23H2,1-2H3/t27-/m0/s1. The molecule has 0 aliphatic carbocycles. The molecule has 7 rings (SSSR count). The first kappa shape index (κ1) is 31.9. The van der Waals surface area contributed by atoms with E-state index in [9.17, 15) is 17.9 Å². The highest BCUT2D eigenvalue weighted by Gasteiger charge is 2.25. The van der Waals surface area contributed by atoms with E-state index in [2.05, 4.69) is 34.3 Å². The number of hydrogen-bond donors (Lipinski definition) is 1. The Morgan fingerprint density at radius 1 is 0.917 bits per heavy atom. The highest BCUT2D eigenvalue weighted by atomic mass is 32.2. The summed E-state index contributed by atoms with van der Waals surface area (Å²) < 4.78 is 44.7. The maximum absolute atomic E-state index is 13.9. The average molecular weight is 664 g/mol. The summed E-state index contributed by atoms with van der Waals surface area (Å²) in [6.07, 6.45) is 8.68. The van der Waals surface area contributed by atoms with Gasteiger partial charge in [-0.2, -0.15) is 5.10 Å². The quantitative estimate of drug-likeness (QED) is 0.182. The minimum atomic E-state index is -3.95. The van der Waals surface area contributed by atoms with Gasteiger partial charge in [-0.1, -0.05) is 54.1 Å². The van der Waals surface area contributed by atoms with Crippen molar-refractivity contribution in [1.82, 2.24) is 23.6 Å². The van der Waals surface area contributed by atoms with E-state index in [1.54, 1.807) is 53.6 Å². The predicted octanol–water partition coefficient (Wildman–Crippen LogP) is 6.86. The molecule has 1 fully saturated rings. The van der Waals surface area contributed by atoms with E-state index in [0.717, 1.165) is 53.7 Å². The molecule has 0 bridgehead atoms. The topological polar surface area (TPSA) is 93.2 Å². The second kappa shape index (κ2) is 13.1. The zero-order valence-corrected chi connectivity index (χ0v) is 27.8. The van der Waals surface area contributed by atoms with Crippen LogP contribution < -0.4 is 0 Å². The summed E-state index contributed by atoms with van der Waals surface area (Å²) in [4.78, 5) is 7.23. The highest BCUT2D eigenvalue weighted by molar-refractivity contribution is 7.90. The summed E-state index contributed by atoms with van der Waals surface area (Å²) in [6.45, 7) is 6.78. The normalized spacial score (nSPS) is 15.2. The molecule has 8 nitrogen and oxygen atoms in total. The molecule has 0 amide bonds. The number of halogens is 1. The van der Waals surface area contributed by atoms with Gasteiger partial charge < -0.3 is 10.0 Å². The first-order valence-electron chi connectivity index (χ1n) is 16.3. The summed E-state index contributed by atoms with van der Waals surface area (Å²) >= 11 is 0. The van der Waals surface area contributed by atoms with Crippen LogP contribution in [0.25, 0.3) is 33.3 Å². The van der Waals surface area contributed by atoms with Crippen LogP contribution in [-0.2, 0) is 16.6 Å². The van der Waals surface area contributed by atoms with Crippen molar-refractivity contribution in [2.45, 2.75) is 50.2 Å². The lowest BCUT2D eigenvalue weighted by Crippen LogP contribution is -2.37. The van der Waals surface area contributed by atoms with Gasteiger partial charge in [0.15, 0.2) is 5.65 Å². The molecule has 0 saturated carbocycles. The third-order valence-electron chi connectivity index (χ3n) is 9.19. The lowest BCUT2D eigenvalue weighted by Gasteiger charge is -2.32. The van der Waals surface area contributed by atoms with Crippen molar-refractivity contribution >= 4 is 21.1 Å². The Kier molecular flexibility index (Phi) is 8.72. The number of benzene rings is 3. The number of piperidine rings is 1. The SMILES string of the molecule is Cc1ccc(S(=O)(=O)n2cc(-c3cnn(Cc4cccc(F)c4)c3)c3cc(-c4ccc(C5CCN(C[C@H](C)O)CC5)cc4)cnc32)cc1. The Balaban J connectivity index is 1.24. The molecule has 1 atom stereocenters. The summed E-state index contributed by atoms with van der Waals surface area (Å²) in [5.41, 5.74) is 6.63. The summed E-state index contributed by atoms with van der Waals surface area (Å²) in [5, 5.41) is 14.9. The van der Waals surface area contributed by atoms with Gasteiger partial charge in [-0.3, -0.25) is 4.68 Å². The molecule has 3 aromatic carbocycles. The van der Waals surface area contributed by atoms with Crippen LogP contribution in [0.5, 0.6) is 0 Å². The fourth-order valence-electron chi connectivity index (χ4n) is 6.66. The molecule has 1 aliphatic heterocycles. The van der Waals surface area contributed by atoms with Crippen LogP contribution in [0.1, 0.15) is 42.4 Å². The number of fused-ring (bicyclic) bond motifs is 1. The van der Waals surface area contributed by atoms with Crippen LogP contribution in [0, 0.1) is 12.7 Å². The van der Waals surface area contributed by atoms with E-state index < -0.39 is 10.0 Å². The van der Waals surface area contributed by atoms with E-state index in [1.165, 1.54) is 21.7 Å². The fourth-order valence-corrected chi connectivity index (χ4v) is 7.98. The molecule has 1 aliphatic rings. The summed E-state index contributed by atoms with van der Waals surface area (Å²) in [7, 11) is -3.95. The highest BCUT2D eigenvalue weighted by Crippen LogP contribution is 2.36. The van der Waals surface area contributed by atoms with Crippen molar-refractivity contribution < 1.29 is 17.9 Å². The van der Waals surface area contributed by atoms with Gasteiger partial charge in [0.05, 0.1) is 23.7 Å². The molecule has 1 N–H and O–H groups in total. The number of aliphatic hydroxyl groups excluding tert-OH is 1. The maximum Gasteiger partial charge on any atom is 0.269 e. The second-order valence-electron chi connectivity index (χ2n) is 12.9. The number of hydrogen-bond acceptors (Lipinski definition) is 6. The summed E-state index contributed by atoms with van der Waals surface area (Å²) in [5.74, 6) is 0.162. The fraction of sp³-hybridized carbons (Fsp3) is 0.263. The van der Waals surface area contributed by atoms with Crippen molar-refractivity contribution in [3.63, 3.8) is 0 Å². The van der Waals surface area contributed by atoms with E-state index in [-0.39, 0.29) is 16.8 Å². The third kappa shape index (κ3) is 6.56. The van der Waals surface area contributed by atoms with Crippen LogP contribution in [-0.4, -0.2) is 62.9 Å². The molecular formula is C38H38FN5O3S. The largest absolute Gasteiger partial charge is 0.392 e. The van der Waals surface area contributed by atoms with Crippen LogP contribution in [0.2, 0.25) is 0 Å². The molecule has 1 saturated heterocycles. The van der Waals surface area contributed by atoms with Gasteiger partial charge in [0.1, 0.15) is 5.82 Å². The second-order valence-corrected chi connectivity index (χ2v) is 14.7. The van der Waals surface area contributed by atoms with E-state index in [4.69, 9.17) is 4.98 Å². The number of β-amino-alcohol motifs (C(OH)–C–C–N with tert-alkyl or cyclic N) is 1. The Bertz CT molecular complexity index is 2160. The first-order chi connectivity index (χ1) is 23.1. The number of aryl methyl sites for hydroxylation is 1. The van der Waals surface area contributed by atoms with E-state index in [0.29, 0.717) is 35.6 Å². The van der Waals surface area contributed by atoms with Gasteiger partial charge in [-0.25, -0.2) is 21.8 Å². The molecule has 0 unspecified atom stereocenters. The Hall–Kier alpha value is -4.64. The molecule has 4 heterocycles. The zero-order chi connectivity index (χ0) is 33.4. The van der Waals surface area contributed by atoms with Crippen LogP contribution in [0.3, 0.4) is 0 Å². The summed E-state index contributed by atoms with van der Waals surface area (Å²) in [6, 6.07) is 23.7. The van der Waals surface area contributed by atoms with Crippen LogP contribution in [0.4, 0.5) is 4.39 Å². The van der Waals surface area contributed by atoms with Crippen molar-refractivity contribution in [3.8, 4) is 22.3 Å². The van der Waals surface area contributed by atoms with Crippen molar-refractivity contribution in [1.29, 1.82) is 0 Å². The Labute approximate surface area is 280 Å². The Morgan fingerprint density at radius 2 is 1.67 bits per heavy atom. The molecule has 6 aromatic rings. The van der Waals surface area contributed by atoms with Gasteiger partial charge in [0.25, 0.3) is 10.0 Å². The maximum atomic E-state index is 13.9. The Morgan fingerprint density at radius 3 is 2.38 bits per heavy atom. The number of rotatable bonds is 9. The molecule has 48 heavy (non-hydrogen) atoms. The van der Waals surface area contributed by atoms with Crippen molar-refractivity contribution in [3.05, 3.63) is 126 Å². The lowest BCUT2D eigenvalue weighted by atomic mass is 9.88. The average Bonchev–Trinajstić information content (AvgIpc) is 3.70. The lowest BCUT2D eigenvalue weighted by molar-refractivity contribution is 0.109. The first-order valence-corrected chi connectivity index (χ1v) is 17.7. The molecular weight excluding hydrogens is 626 g/mol. The monoisotopic (exact) mass is 663 g/mol. The molecule has 3 aromatic heterocycles. The molecule has 246 valence electrons. The minimum Gasteiger partial charge on any atom is -0.392 e.